The number of carbonyl (C=O) groups is 2. The van der Waals surface area contributed by atoms with Gasteiger partial charge in [0.2, 0.25) is 11.8 Å². The van der Waals surface area contributed by atoms with Gasteiger partial charge in [0, 0.05) is 19.1 Å². The number of carbonyl (C=O) groups excluding carboxylic acids is 2. The number of nitrogens with zero attached hydrogens (tertiary/aromatic N) is 2. The Morgan fingerprint density at radius 1 is 1.00 bits per heavy atom. The minimum absolute atomic E-state index is 0. The van der Waals surface area contributed by atoms with E-state index in [0.717, 1.165) is 68.7 Å². The molecule has 4 rings (SSSR count). The first-order valence-electron chi connectivity index (χ1n) is 12.9. The van der Waals surface area contributed by atoms with Gasteiger partial charge in [0.05, 0.1) is 18.4 Å². The van der Waals surface area contributed by atoms with E-state index >= 15 is 0 Å². The van der Waals surface area contributed by atoms with Gasteiger partial charge in [-0.1, -0.05) is 42.5 Å². The van der Waals surface area contributed by atoms with Crippen LogP contribution in [0.2, 0.25) is 0 Å². The highest BCUT2D eigenvalue weighted by molar-refractivity contribution is 5.85. The molecule has 7 heteroatoms. The highest BCUT2D eigenvalue weighted by Crippen LogP contribution is 2.42. The average molecular weight is 514 g/mol. The number of hydrogen-bond acceptors (Lipinski definition) is 4. The maximum absolute atomic E-state index is 13.4. The van der Waals surface area contributed by atoms with Crippen LogP contribution in [-0.2, 0) is 16.1 Å². The molecule has 2 heterocycles. The average Bonchev–Trinajstić information content (AvgIpc) is 3.16. The second kappa shape index (κ2) is 12.6. The molecule has 0 aliphatic carbocycles. The summed E-state index contributed by atoms with van der Waals surface area (Å²) in [5.41, 5.74) is 2.00. The lowest BCUT2D eigenvalue weighted by atomic mass is 9.77. The van der Waals surface area contributed by atoms with Crippen molar-refractivity contribution in [1.29, 1.82) is 0 Å². The standard InChI is InChI=1S/C29H39N3O3.ClH/c1-22(2)30-27(33)26(24-7-5-4-6-8-24)13-17-31-18-14-29(15-19-31)16-20-32(28(29)34)21-23-9-11-25(35-3)12-10-23;/h4-12,22,26H,13-21H2,1-3H3,(H,30,33);1H. The van der Waals surface area contributed by atoms with Crippen LogP contribution in [0.1, 0.15) is 56.6 Å². The first-order valence-corrected chi connectivity index (χ1v) is 12.9. The molecule has 2 fully saturated rings. The largest absolute Gasteiger partial charge is 0.497 e. The van der Waals surface area contributed by atoms with Crippen molar-refractivity contribution in [2.75, 3.05) is 33.3 Å². The van der Waals surface area contributed by atoms with Crippen molar-refractivity contribution in [3.8, 4) is 5.75 Å². The number of methoxy groups -OCH3 is 1. The second-order valence-corrected chi connectivity index (χ2v) is 10.4. The zero-order chi connectivity index (χ0) is 24.8. The van der Waals surface area contributed by atoms with Crippen molar-refractivity contribution >= 4 is 24.2 Å². The minimum Gasteiger partial charge on any atom is -0.497 e. The van der Waals surface area contributed by atoms with Gasteiger partial charge in [-0.05, 0) is 82.4 Å². The Bertz CT molecular complexity index is 989. The van der Waals surface area contributed by atoms with E-state index in [1.54, 1.807) is 7.11 Å². The quantitative estimate of drug-likeness (QED) is 0.531. The van der Waals surface area contributed by atoms with E-state index in [1.807, 2.05) is 73.3 Å². The molecule has 1 N–H and O–H groups in total. The Morgan fingerprint density at radius 3 is 2.25 bits per heavy atom. The van der Waals surface area contributed by atoms with Gasteiger partial charge in [0.15, 0.2) is 0 Å². The number of halogens is 1. The highest BCUT2D eigenvalue weighted by Gasteiger charge is 2.47. The number of piperidine rings is 1. The summed E-state index contributed by atoms with van der Waals surface area (Å²) in [4.78, 5) is 30.8. The van der Waals surface area contributed by atoms with Crippen LogP contribution in [0.15, 0.2) is 54.6 Å². The summed E-state index contributed by atoms with van der Waals surface area (Å²) >= 11 is 0. The molecule has 0 bridgehead atoms. The number of nitrogens with one attached hydrogen (secondary N) is 1. The predicted octanol–water partition coefficient (Wildman–Crippen LogP) is 4.63. The second-order valence-electron chi connectivity index (χ2n) is 10.4. The van der Waals surface area contributed by atoms with Crippen LogP contribution in [0.5, 0.6) is 5.75 Å². The smallest absolute Gasteiger partial charge is 0.229 e. The third-order valence-corrected chi connectivity index (χ3v) is 7.63. The number of ether oxygens (including phenoxy) is 1. The van der Waals surface area contributed by atoms with Crippen LogP contribution in [0.3, 0.4) is 0 Å². The molecule has 2 aliphatic heterocycles. The molecule has 36 heavy (non-hydrogen) atoms. The van der Waals surface area contributed by atoms with Gasteiger partial charge < -0.3 is 19.9 Å². The lowest BCUT2D eigenvalue weighted by Crippen LogP contribution is -2.45. The van der Waals surface area contributed by atoms with Crippen LogP contribution < -0.4 is 10.1 Å². The molecule has 2 aromatic carbocycles. The Morgan fingerprint density at radius 2 is 1.64 bits per heavy atom. The van der Waals surface area contributed by atoms with Gasteiger partial charge in [-0.15, -0.1) is 12.4 Å². The highest BCUT2D eigenvalue weighted by atomic mass is 35.5. The van der Waals surface area contributed by atoms with Crippen molar-refractivity contribution in [3.63, 3.8) is 0 Å². The Hall–Kier alpha value is -2.57. The van der Waals surface area contributed by atoms with E-state index in [1.165, 1.54) is 0 Å². The van der Waals surface area contributed by atoms with E-state index in [4.69, 9.17) is 4.74 Å². The summed E-state index contributed by atoms with van der Waals surface area (Å²) < 4.78 is 5.24. The van der Waals surface area contributed by atoms with Gasteiger partial charge in [-0.3, -0.25) is 9.59 Å². The molecule has 6 nitrogen and oxygen atoms in total. The molecule has 0 aromatic heterocycles. The number of hydrogen-bond donors (Lipinski definition) is 1. The summed E-state index contributed by atoms with van der Waals surface area (Å²) in [6, 6.07) is 18.2. The predicted molar refractivity (Wildman–Crippen MR) is 145 cm³/mol. The zero-order valence-corrected chi connectivity index (χ0v) is 22.6. The number of amides is 2. The van der Waals surface area contributed by atoms with E-state index in [9.17, 15) is 9.59 Å². The van der Waals surface area contributed by atoms with Crippen LogP contribution in [0, 0.1) is 5.41 Å². The van der Waals surface area contributed by atoms with Crippen LogP contribution in [0.4, 0.5) is 0 Å². The van der Waals surface area contributed by atoms with Crippen molar-refractivity contribution < 1.29 is 14.3 Å². The molecule has 0 radical (unpaired) electrons. The molecule has 2 amide bonds. The van der Waals surface area contributed by atoms with Crippen LogP contribution in [-0.4, -0.2) is 60.9 Å². The third kappa shape index (κ3) is 6.60. The van der Waals surface area contributed by atoms with Crippen molar-refractivity contribution in [2.24, 2.45) is 5.41 Å². The fourth-order valence-corrected chi connectivity index (χ4v) is 5.49. The first-order chi connectivity index (χ1) is 16.9. The van der Waals surface area contributed by atoms with Gasteiger partial charge >= 0.3 is 0 Å². The summed E-state index contributed by atoms with van der Waals surface area (Å²) in [6.07, 6.45) is 3.53. The summed E-state index contributed by atoms with van der Waals surface area (Å²) in [5, 5.41) is 3.09. The van der Waals surface area contributed by atoms with Crippen LogP contribution in [0.25, 0.3) is 0 Å². The third-order valence-electron chi connectivity index (χ3n) is 7.63. The molecule has 2 aliphatic rings. The number of likely N-dealkylation sites (tertiary alicyclic amines) is 2. The molecular weight excluding hydrogens is 474 g/mol. The fourth-order valence-electron chi connectivity index (χ4n) is 5.49. The van der Waals surface area contributed by atoms with Gasteiger partial charge in [-0.25, -0.2) is 0 Å². The Balaban J connectivity index is 0.00000361. The van der Waals surface area contributed by atoms with Gasteiger partial charge in [0.1, 0.15) is 5.75 Å². The maximum atomic E-state index is 13.4. The van der Waals surface area contributed by atoms with Gasteiger partial charge in [0.25, 0.3) is 0 Å². The maximum Gasteiger partial charge on any atom is 0.229 e. The summed E-state index contributed by atoms with van der Waals surface area (Å²) in [5.74, 6) is 1.09. The topological polar surface area (TPSA) is 61.9 Å². The molecule has 1 unspecified atom stereocenters. The monoisotopic (exact) mass is 513 g/mol. The van der Waals surface area contributed by atoms with Crippen molar-refractivity contribution in [1.82, 2.24) is 15.1 Å². The van der Waals surface area contributed by atoms with Crippen molar-refractivity contribution in [3.05, 3.63) is 65.7 Å². The minimum atomic E-state index is -0.211. The number of benzene rings is 2. The zero-order valence-electron chi connectivity index (χ0n) is 21.7. The van der Waals surface area contributed by atoms with Crippen molar-refractivity contribution in [2.45, 2.75) is 58.0 Å². The van der Waals surface area contributed by atoms with E-state index in [-0.39, 0.29) is 35.7 Å². The Labute approximate surface area is 221 Å². The molecular formula is C29H40ClN3O3. The normalized spacial score (nSPS) is 18.2. The van der Waals surface area contributed by atoms with E-state index < -0.39 is 0 Å². The molecule has 196 valence electrons. The van der Waals surface area contributed by atoms with Gasteiger partial charge in [-0.2, -0.15) is 0 Å². The lowest BCUT2D eigenvalue weighted by molar-refractivity contribution is -0.138. The fraction of sp³-hybridized carbons (Fsp3) is 0.517. The lowest BCUT2D eigenvalue weighted by Gasteiger charge is -2.38. The summed E-state index contributed by atoms with van der Waals surface area (Å²) in [6.45, 7) is 8.19. The number of rotatable bonds is 9. The van der Waals surface area contributed by atoms with E-state index in [2.05, 4.69) is 10.2 Å². The molecule has 0 saturated carbocycles. The molecule has 1 atom stereocenters. The van der Waals surface area contributed by atoms with E-state index in [0.29, 0.717) is 12.5 Å². The molecule has 2 aromatic rings. The first kappa shape index (κ1) is 28.0. The summed E-state index contributed by atoms with van der Waals surface area (Å²) in [7, 11) is 1.66. The molecule has 1 spiro atoms. The SMILES string of the molecule is COc1ccc(CN2CCC3(CCN(CCC(C(=O)NC(C)C)c4ccccc4)CC3)C2=O)cc1.Cl. The molecule has 2 saturated heterocycles. The van der Waals surface area contributed by atoms with Crippen LogP contribution >= 0.6 is 12.4 Å². The Kier molecular flexibility index (Phi) is 9.80.